The van der Waals surface area contributed by atoms with E-state index in [0.717, 1.165) is 47.4 Å². The van der Waals surface area contributed by atoms with Gasteiger partial charge in [-0.25, -0.2) is 4.98 Å². The molecule has 1 aliphatic heterocycles. The minimum Gasteiger partial charge on any atom is -0.315 e. The lowest BCUT2D eigenvalue weighted by molar-refractivity contribution is 0.102. The van der Waals surface area contributed by atoms with Gasteiger partial charge in [0.05, 0.1) is 22.1 Å². The van der Waals surface area contributed by atoms with Crippen LogP contribution in [0.3, 0.4) is 0 Å². The molecule has 0 spiro atoms. The fourth-order valence-electron chi connectivity index (χ4n) is 3.72. The highest BCUT2D eigenvalue weighted by Crippen LogP contribution is 2.30. The lowest BCUT2D eigenvalue weighted by Crippen LogP contribution is -2.32. The molecule has 8 heteroatoms. The second-order valence-electron chi connectivity index (χ2n) is 6.90. The molecule has 0 radical (unpaired) electrons. The molecule has 28 heavy (non-hydrogen) atoms. The number of hydrogen-bond donors (Lipinski definition) is 3. The van der Waals surface area contributed by atoms with Gasteiger partial charge in [-0.1, -0.05) is 12.1 Å². The summed E-state index contributed by atoms with van der Waals surface area (Å²) in [4.78, 5) is 19.3. The van der Waals surface area contributed by atoms with Gasteiger partial charge < -0.3 is 9.88 Å². The van der Waals surface area contributed by atoms with Crippen molar-refractivity contribution in [2.24, 2.45) is 0 Å². The number of nitrogens with one attached hydrogen (secondary N) is 3. The molecule has 1 aliphatic rings. The minimum atomic E-state index is -0.139. The van der Waals surface area contributed by atoms with Gasteiger partial charge in [-0.15, -0.1) is 11.3 Å². The van der Waals surface area contributed by atoms with E-state index in [2.05, 4.69) is 31.5 Å². The van der Waals surface area contributed by atoms with E-state index in [9.17, 15) is 4.79 Å². The third kappa shape index (κ3) is 3.10. The van der Waals surface area contributed by atoms with E-state index < -0.39 is 0 Å². The Morgan fingerprint density at radius 2 is 2.18 bits per heavy atom. The summed E-state index contributed by atoms with van der Waals surface area (Å²) in [6.45, 7) is 1.92. The zero-order valence-corrected chi connectivity index (χ0v) is 16.0. The maximum atomic E-state index is 12.9. The first-order chi connectivity index (χ1) is 13.8. The Kier molecular flexibility index (Phi) is 4.42. The molecule has 0 bridgehead atoms. The van der Waals surface area contributed by atoms with Crippen LogP contribution in [0.25, 0.3) is 21.5 Å². The van der Waals surface area contributed by atoms with Crippen molar-refractivity contribution in [1.29, 1.82) is 0 Å². The number of thiophene rings is 1. The summed E-state index contributed by atoms with van der Waals surface area (Å²) in [7, 11) is 0. The number of carbonyl (C=O) groups is 1. The van der Waals surface area contributed by atoms with Crippen molar-refractivity contribution >= 4 is 34.2 Å². The van der Waals surface area contributed by atoms with Crippen LogP contribution in [-0.2, 0) is 0 Å². The van der Waals surface area contributed by atoms with Crippen molar-refractivity contribution < 1.29 is 4.79 Å². The predicted octanol–water partition coefficient (Wildman–Crippen LogP) is 3.66. The second kappa shape index (κ2) is 7.21. The first kappa shape index (κ1) is 17.2. The number of para-hydroxylation sites is 2. The number of hydrogen-bond acceptors (Lipinski definition) is 5. The van der Waals surface area contributed by atoms with Crippen LogP contribution in [0.5, 0.6) is 0 Å². The largest absolute Gasteiger partial charge is 0.315 e. The van der Waals surface area contributed by atoms with Crippen LogP contribution in [0.2, 0.25) is 0 Å². The Morgan fingerprint density at radius 3 is 3.00 bits per heavy atom. The summed E-state index contributed by atoms with van der Waals surface area (Å²) in [5.74, 6) is 0.471. The molecule has 1 fully saturated rings. The highest BCUT2D eigenvalue weighted by Gasteiger charge is 2.23. The number of rotatable bonds is 4. The first-order valence-electron chi connectivity index (χ1n) is 9.37. The maximum absolute atomic E-state index is 12.9. The maximum Gasteiger partial charge on any atom is 0.268 e. The van der Waals surface area contributed by atoms with Gasteiger partial charge in [0, 0.05) is 29.2 Å². The Hall–Kier alpha value is -2.97. The number of carbonyl (C=O) groups excluding carboxylic acids is 1. The molecule has 4 aromatic rings. The fraction of sp³-hybridized carbons (Fsp3) is 0.250. The molecular formula is C20H20N6OS. The number of nitrogens with zero attached hydrogens (tertiary/aromatic N) is 3. The number of fused-ring (bicyclic) bond motifs is 1. The van der Waals surface area contributed by atoms with Gasteiger partial charge in [0.1, 0.15) is 0 Å². The minimum absolute atomic E-state index is 0.139. The summed E-state index contributed by atoms with van der Waals surface area (Å²) >= 11 is 1.44. The Morgan fingerprint density at radius 1 is 1.25 bits per heavy atom. The molecule has 7 nitrogen and oxygen atoms in total. The van der Waals surface area contributed by atoms with Crippen molar-refractivity contribution in [2.75, 3.05) is 18.4 Å². The lowest BCUT2D eigenvalue weighted by atomic mass is 10.1. The number of H-pyrrole nitrogens is 1. The fourth-order valence-corrected chi connectivity index (χ4v) is 4.60. The number of aromatic nitrogens is 4. The van der Waals surface area contributed by atoms with Gasteiger partial charge in [0.2, 0.25) is 5.95 Å². The van der Waals surface area contributed by atoms with Gasteiger partial charge in [0.25, 0.3) is 5.91 Å². The zero-order valence-electron chi connectivity index (χ0n) is 15.2. The molecule has 1 amide bonds. The smallest absolute Gasteiger partial charge is 0.268 e. The van der Waals surface area contributed by atoms with Crippen LogP contribution in [-0.4, -0.2) is 38.7 Å². The molecule has 1 aromatic carbocycles. The Labute approximate surface area is 165 Å². The SMILES string of the molecule is O=C(Nc1nc2ccccc2n1C1CCCNC1)c1ccc(-c2cn[nH]c2)s1. The van der Waals surface area contributed by atoms with Crippen LogP contribution < -0.4 is 10.6 Å². The van der Waals surface area contributed by atoms with E-state index in [1.807, 2.05) is 36.5 Å². The summed E-state index contributed by atoms with van der Waals surface area (Å²) in [6.07, 6.45) is 5.76. The standard InChI is InChI=1S/C20H20N6OS/c27-19(18-8-7-17(28-18)13-10-22-23-11-13)25-20-24-15-5-1-2-6-16(15)26(20)14-4-3-9-21-12-14/h1-2,5-8,10-11,14,21H,3-4,9,12H2,(H,22,23)(H,24,25,27). The quantitative estimate of drug-likeness (QED) is 0.495. The molecule has 3 N–H and O–H groups in total. The number of anilines is 1. The monoisotopic (exact) mass is 392 g/mol. The van der Waals surface area contributed by atoms with Gasteiger partial charge in [-0.3, -0.25) is 15.2 Å². The molecule has 1 unspecified atom stereocenters. The van der Waals surface area contributed by atoms with Gasteiger partial charge in [-0.2, -0.15) is 5.10 Å². The van der Waals surface area contributed by atoms with Gasteiger partial charge in [0.15, 0.2) is 0 Å². The van der Waals surface area contributed by atoms with Crippen LogP contribution in [0.4, 0.5) is 5.95 Å². The molecule has 4 heterocycles. The summed E-state index contributed by atoms with van der Waals surface area (Å²) < 4.78 is 2.17. The number of piperidine rings is 1. The molecule has 5 rings (SSSR count). The zero-order chi connectivity index (χ0) is 18.9. The van der Waals surface area contributed by atoms with Crippen LogP contribution in [0.1, 0.15) is 28.6 Å². The highest BCUT2D eigenvalue weighted by atomic mass is 32.1. The van der Waals surface area contributed by atoms with E-state index in [1.165, 1.54) is 11.3 Å². The first-order valence-corrected chi connectivity index (χ1v) is 10.2. The topological polar surface area (TPSA) is 87.6 Å². The Bertz CT molecular complexity index is 1110. The molecule has 1 saturated heterocycles. The second-order valence-corrected chi connectivity index (χ2v) is 7.98. The normalized spacial score (nSPS) is 17.1. The number of amides is 1. The summed E-state index contributed by atoms with van der Waals surface area (Å²) in [6, 6.07) is 12.1. The van der Waals surface area contributed by atoms with E-state index in [0.29, 0.717) is 10.8 Å². The number of aromatic amines is 1. The highest BCUT2D eigenvalue weighted by molar-refractivity contribution is 7.17. The molecule has 0 aliphatic carbocycles. The third-order valence-electron chi connectivity index (χ3n) is 5.07. The molecule has 3 aromatic heterocycles. The Balaban J connectivity index is 1.47. The lowest BCUT2D eigenvalue weighted by Gasteiger charge is -2.26. The molecule has 1 atom stereocenters. The number of imidazole rings is 1. The van der Waals surface area contributed by atoms with E-state index in [4.69, 9.17) is 4.98 Å². The van der Waals surface area contributed by atoms with Crippen molar-refractivity contribution in [3.63, 3.8) is 0 Å². The predicted molar refractivity (Wildman–Crippen MR) is 111 cm³/mol. The van der Waals surface area contributed by atoms with Gasteiger partial charge in [-0.05, 0) is 43.7 Å². The van der Waals surface area contributed by atoms with Crippen molar-refractivity contribution in [3.05, 3.63) is 53.7 Å². The van der Waals surface area contributed by atoms with Crippen LogP contribution in [0.15, 0.2) is 48.8 Å². The summed E-state index contributed by atoms with van der Waals surface area (Å²) in [5.41, 5.74) is 2.93. The molecular weight excluding hydrogens is 372 g/mol. The third-order valence-corrected chi connectivity index (χ3v) is 6.20. The van der Waals surface area contributed by atoms with Crippen molar-refractivity contribution in [1.82, 2.24) is 25.1 Å². The van der Waals surface area contributed by atoms with E-state index in [-0.39, 0.29) is 11.9 Å². The average Bonchev–Trinajstić information content (AvgIpc) is 3.47. The van der Waals surface area contributed by atoms with Crippen molar-refractivity contribution in [3.8, 4) is 10.4 Å². The summed E-state index contributed by atoms with van der Waals surface area (Å²) in [5, 5.41) is 13.3. The van der Waals surface area contributed by atoms with E-state index >= 15 is 0 Å². The van der Waals surface area contributed by atoms with Crippen LogP contribution >= 0.6 is 11.3 Å². The molecule has 0 saturated carbocycles. The van der Waals surface area contributed by atoms with Crippen molar-refractivity contribution in [2.45, 2.75) is 18.9 Å². The number of benzene rings is 1. The van der Waals surface area contributed by atoms with E-state index in [1.54, 1.807) is 6.20 Å². The van der Waals surface area contributed by atoms with Gasteiger partial charge >= 0.3 is 0 Å². The van der Waals surface area contributed by atoms with Crippen LogP contribution in [0, 0.1) is 0 Å². The molecule has 142 valence electrons. The average molecular weight is 392 g/mol.